The van der Waals surface area contributed by atoms with Crippen LogP contribution in [0, 0.1) is 0 Å². The van der Waals surface area contributed by atoms with Crippen molar-refractivity contribution in [1.82, 2.24) is 14.9 Å². The lowest BCUT2D eigenvalue weighted by Crippen LogP contribution is -2.38. The highest BCUT2D eigenvalue weighted by atomic mass is 32.2. The number of anilines is 1. The Kier molecular flexibility index (Phi) is 6.99. The maximum Gasteiger partial charge on any atom is 0.289 e. The van der Waals surface area contributed by atoms with Crippen LogP contribution in [0.25, 0.3) is 0 Å². The molecule has 1 saturated heterocycles. The predicted molar refractivity (Wildman–Crippen MR) is 113 cm³/mol. The standard InChI is InChI=1S/C21H30N4O2S/c1-5-16-13-19(25-12-8-7-9-15(25)3)23-21(22-16)28-14-17-10-11-18(27-17)20(26)24(4)6-2/h10-11,13,15H,5-9,12,14H2,1-4H3. The SMILES string of the molecule is CCc1cc(N2CCCCC2C)nc(SCc2ccc(C(=O)N(C)CC)o2)n1. The minimum atomic E-state index is -0.0932. The van der Waals surface area contributed by atoms with E-state index in [0.29, 0.717) is 24.1 Å². The lowest BCUT2D eigenvalue weighted by molar-refractivity contribution is 0.0769. The van der Waals surface area contributed by atoms with E-state index in [1.165, 1.54) is 19.3 Å². The first-order valence-electron chi connectivity index (χ1n) is 10.1. The Labute approximate surface area is 171 Å². The van der Waals surface area contributed by atoms with Crippen LogP contribution in [-0.4, -0.2) is 47.0 Å². The number of aryl methyl sites for hydroxylation is 1. The quantitative estimate of drug-likeness (QED) is 0.505. The van der Waals surface area contributed by atoms with Gasteiger partial charge in [0.15, 0.2) is 10.9 Å². The van der Waals surface area contributed by atoms with E-state index in [4.69, 9.17) is 9.40 Å². The number of thioether (sulfide) groups is 1. The highest BCUT2D eigenvalue weighted by Crippen LogP contribution is 2.27. The molecular weight excluding hydrogens is 372 g/mol. The predicted octanol–water partition coefficient (Wildman–Crippen LogP) is 4.40. The Morgan fingerprint density at radius 1 is 1.32 bits per heavy atom. The Morgan fingerprint density at radius 3 is 2.86 bits per heavy atom. The van der Waals surface area contributed by atoms with Gasteiger partial charge >= 0.3 is 0 Å². The Balaban J connectivity index is 1.71. The smallest absolute Gasteiger partial charge is 0.289 e. The van der Waals surface area contributed by atoms with Gasteiger partial charge in [0.1, 0.15) is 11.6 Å². The summed E-state index contributed by atoms with van der Waals surface area (Å²) in [4.78, 5) is 25.7. The monoisotopic (exact) mass is 402 g/mol. The van der Waals surface area contributed by atoms with Gasteiger partial charge in [0.2, 0.25) is 0 Å². The van der Waals surface area contributed by atoms with Gasteiger partial charge in [0.05, 0.1) is 5.75 Å². The van der Waals surface area contributed by atoms with Crippen molar-refractivity contribution in [2.24, 2.45) is 0 Å². The van der Waals surface area contributed by atoms with Crippen LogP contribution in [0.3, 0.4) is 0 Å². The van der Waals surface area contributed by atoms with Crippen molar-refractivity contribution < 1.29 is 9.21 Å². The molecule has 1 atom stereocenters. The van der Waals surface area contributed by atoms with E-state index in [1.54, 1.807) is 29.8 Å². The molecule has 3 heterocycles. The summed E-state index contributed by atoms with van der Waals surface area (Å²) in [7, 11) is 1.77. The van der Waals surface area contributed by atoms with Gasteiger partial charge in [-0.15, -0.1) is 0 Å². The minimum Gasteiger partial charge on any atom is -0.455 e. The van der Waals surface area contributed by atoms with E-state index in [9.17, 15) is 4.79 Å². The average Bonchev–Trinajstić information content (AvgIpc) is 3.20. The van der Waals surface area contributed by atoms with Gasteiger partial charge in [0.25, 0.3) is 5.91 Å². The molecule has 0 aliphatic carbocycles. The number of nitrogens with zero attached hydrogens (tertiary/aromatic N) is 4. The van der Waals surface area contributed by atoms with Crippen molar-refractivity contribution in [2.75, 3.05) is 25.0 Å². The molecule has 1 amide bonds. The molecule has 0 aromatic carbocycles. The highest BCUT2D eigenvalue weighted by molar-refractivity contribution is 7.98. The first-order chi connectivity index (χ1) is 13.5. The van der Waals surface area contributed by atoms with Crippen LogP contribution in [0.1, 0.15) is 62.0 Å². The van der Waals surface area contributed by atoms with E-state index in [1.807, 2.05) is 13.0 Å². The zero-order valence-electron chi connectivity index (χ0n) is 17.3. The van der Waals surface area contributed by atoms with E-state index < -0.39 is 0 Å². The first-order valence-corrected chi connectivity index (χ1v) is 11.1. The fraction of sp³-hybridized carbons (Fsp3) is 0.571. The summed E-state index contributed by atoms with van der Waals surface area (Å²) in [6.45, 7) is 8.04. The van der Waals surface area contributed by atoms with Gasteiger partial charge in [-0.2, -0.15) is 0 Å². The Hall–Kier alpha value is -2.02. The van der Waals surface area contributed by atoms with Gasteiger partial charge in [-0.1, -0.05) is 18.7 Å². The third-order valence-corrected chi connectivity index (χ3v) is 6.11. The topological polar surface area (TPSA) is 62.5 Å². The highest BCUT2D eigenvalue weighted by Gasteiger charge is 2.21. The summed E-state index contributed by atoms with van der Waals surface area (Å²) in [5.74, 6) is 2.68. The number of piperidine rings is 1. The van der Waals surface area contributed by atoms with Crippen LogP contribution in [0.5, 0.6) is 0 Å². The molecule has 2 aromatic rings. The lowest BCUT2D eigenvalue weighted by Gasteiger charge is -2.34. The van der Waals surface area contributed by atoms with Gasteiger partial charge < -0.3 is 14.2 Å². The van der Waals surface area contributed by atoms with Gasteiger partial charge in [0, 0.05) is 37.9 Å². The second kappa shape index (κ2) is 9.45. The van der Waals surface area contributed by atoms with Crippen molar-refractivity contribution in [3.63, 3.8) is 0 Å². The van der Waals surface area contributed by atoms with Crippen LogP contribution >= 0.6 is 11.8 Å². The van der Waals surface area contributed by atoms with Crippen LogP contribution in [0.4, 0.5) is 5.82 Å². The molecule has 0 spiro atoms. The normalized spacial score (nSPS) is 17.0. The average molecular weight is 403 g/mol. The van der Waals surface area contributed by atoms with E-state index in [-0.39, 0.29) is 5.91 Å². The summed E-state index contributed by atoms with van der Waals surface area (Å²) in [5, 5.41) is 0.766. The van der Waals surface area contributed by atoms with Crippen LogP contribution < -0.4 is 4.90 Å². The summed E-state index contributed by atoms with van der Waals surface area (Å²) < 4.78 is 5.73. The lowest BCUT2D eigenvalue weighted by atomic mass is 10.0. The molecule has 0 N–H and O–H groups in total. The molecular formula is C21H30N4O2S. The van der Waals surface area contributed by atoms with Crippen molar-refractivity contribution in [3.8, 4) is 0 Å². The molecule has 1 aliphatic heterocycles. The molecule has 0 saturated carbocycles. The molecule has 7 heteroatoms. The number of furan rings is 1. The molecule has 1 fully saturated rings. The van der Waals surface area contributed by atoms with Crippen molar-refractivity contribution >= 4 is 23.5 Å². The van der Waals surface area contributed by atoms with E-state index in [0.717, 1.165) is 35.4 Å². The molecule has 6 nitrogen and oxygen atoms in total. The van der Waals surface area contributed by atoms with Gasteiger partial charge in [-0.3, -0.25) is 4.79 Å². The number of carbonyl (C=O) groups is 1. The number of carbonyl (C=O) groups excluding carboxylic acids is 1. The van der Waals surface area contributed by atoms with Crippen LogP contribution in [0.2, 0.25) is 0 Å². The van der Waals surface area contributed by atoms with Crippen molar-refractivity contribution in [1.29, 1.82) is 0 Å². The molecule has 0 radical (unpaired) electrons. The zero-order chi connectivity index (χ0) is 20.1. The van der Waals surface area contributed by atoms with Crippen molar-refractivity contribution in [2.45, 2.75) is 63.4 Å². The van der Waals surface area contributed by atoms with Gasteiger partial charge in [-0.05, 0) is 51.7 Å². The summed E-state index contributed by atoms with van der Waals surface area (Å²) in [6, 6.07) is 6.24. The minimum absolute atomic E-state index is 0.0932. The molecule has 152 valence electrons. The summed E-state index contributed by atoms with van der Waals surface area (Å²) in [6.07, 6.45) is 4.60. The van der Waals surface area contributed by atoms with E-state index >= 15 is 0 Å². The van der Waals surface area contributed by atoms with Crippen molar-refractivity contribution in [3.05, 3.63) is 35.4 Å². The summed E-state index contributed by atoms with van der Waals surface area (Å²) in [5.41, 5.74) is 1.06. The molecule has 1 unspecified atom stereocenters. The number of rotatable bonds is 7. The third-order valence-electron chi connectivity index (χ3n) is 5.24. The fourth-order valence-electron chi connectivity index (χ4n) is 3.33. The fourth-order valence-corrected chi connectivity index (χ4v) is 4.09. The molecule has 0 bridgehead atoms. The Bertz CT molecular complexity index is 807. The second-order valence-corrected chi connectivity index (χ2v) is 8.21. The number of aromatic nitrogens is 2. The first kappa shape index (κ1) is 20.7. The molecule has 2 aromatic heterocycles. The largest absolute Gasteiger partial charge is 0.455 e. The molecule has 3 rings (SSSR count). The van der Waals surface area contributed by atoms with Crippen LogP contribution in [-0.2, 0) is 12.2 Å². The maximum absolute atomic E-state index is 12.2. The Morgan fingerprint density at radius 2 is 2.14 bits per heavy atom. The van der Waals surface area contributed by atoms with E-state index in [2.05, 4.69) is 29.8 Å². The molecule has 28 heavy (non-hydrogen) atoms. The molecule has 1 aliphatic rings. The maximum atomic E-state index is 12.2. The summed E-state index contributed by atoms with van der Waals surface area (Å²) >= 11 is 1.55. The number of amides is 1. The van der Waals surface area contributed by atoms with Crippen LogP contribution in [0.15, 0.2) is 27.8 Å². The number of hydrogen-bond donors (Lipinski definition) is 0. The third kappa shape index (κ3) is 4.87. The number of hydrogen-bond acceptors (Lipinski definition) is 6. The zero-order valence-corrected chi connectivity index (χ0v) is 18.1. The second-order valence-electron chi connectivity index (χ2n) is 7.27. The van der Waals surface area contributed by atoms with Gasteiger partial charge in [-0.25, -0.2) is 9.97 Å².